The van der Waals surface area contributed by atoms with Crippen LogP contribution in [0.4, 0.5) is 11.4 Å². The summed E-state index contributed by atoms with van der Waals surface area (Å²) in [4.78, 5) is 10.5. The third-order valence-electron chi connectivity index (χ3n) is 3.00. The molecular formula is C12H16N2O2S. The quantitative estimate of drug-likeness (QED) is 0.663. The minimum atomic E-state index is -0.322. The summed E-state index contributed by atoms with van der Waals surface area (Å²) in [7, 11) is 0. The molecule has 2 rings (SSSR count). The van der Waals surface area contributed by atoms with E-state index in [1.807, 2.05) is 17.8 Å². The van der Waals surface area contributed by atoms with Gasteiger partial charge in [0.05, 0.1) is 4.92 Å². The zero-order chi connectivity index (χ0) is 12.3. The number of thioether (sulfide) groups is 1. The van der Waals surface area contributed by atoms with Gasteiger partial charge in [-0.3, -0.25) is 10.1 Å². The summed E-state index contributed by atoms with van der Waals surface area (Å²) in [5, 5.41) is 14.2. The Hall–Kier alpha value is -1.23. The third kappa shape index (κ3) is 3.12. The number of anilines is 1. The zero-order valence-electron chi connectivity index (χ0n) is 9.81. The first-order chi connectivity index (χ1) is 8.16. The van der Waals surface area contributed by atoms with E-state index >= 15 is 0 Å². The number of benzene rings is 1. The van der Waals surface area contributed by atoms with E-state index in [1.165, 1.54) is 11.5 Å². The fourth-order valence-electron chi connectivity index (χ4n) is 1.97. The second kappa shape index (κ2) is 5.40. The normalized spacial score (nSPS) is 16.8. The van der Waals surface area contributed by atoms with Crippen LogP contribution in [-0.4, -0.2) is 22.5 Å². The number of nitrogens with zero attached hydrogens (tertiary/aromatic N) is 1. The fourth-order valence-corrected chi connectivity index (χ4v) is 3.08. The molecule has 0 unspecified atom stereocenters. The molecule has 92 valence electrons. The van der Waals surface area contributed by atoms with Crippen LogP contribution in [0.25, 0.3) is 0 Å². The second-order valence-corrected chi connectivity index (χ2v) is 5.51. The van der Waals surface area contributed by atoms with Crippen molar-refractivity contribution in [2.75, 3.05) is 16.8 Å². The molecule has 1 heterocycles. The molecule has 5 heteroatoms. The molecule has 1 aliphatic rings. The van der Waals surface area contributed by atoms with Crippen molar-refractivity contribution in [3.8, 4) is 0 Å². The summed E-state index contributed by atoms with van der Waals surface area (Å²) in [6.07, 6.45) is 2.26. The highest BCUT2D eigenvalue weighted by molar-refractivity contribution is 7.99. The lowest BCUT2D eigenvalue weighted by molar-refractivity contribution is -0.385. The van der Waals surface area contributed by atoms with Gasteiger partial charge in [-0.05, 0) is 37.3 Å². The van der Waals surface area contributed by atoms with E-state index in [0.29, 0.717) is 11.6 Å². The molecule has 1 fully saturated rings. The van der Waals surface area contributed by atoms with E-state index in [4.69, 9.17) is 0 Å². The molecule has 1 N–H and O–H groups in total. The zero-order valence-corrected chi connectivity index (χ0v) is 10.6. The summed E-state index contributed by atoms with van der Waals surface area (Å²) >= 11 is 1.97. The van der Waals surface area contributed by atoms with Crippen LogP contribution in [-0.2, 0) is 0 Å². The molecule has 1 saturated heterocycles. The van der Waals surface area contributed by atoms with Crippen molar-refractivity contribution in [2.24, 2.45) is 0 Å². The van der Waals surface area contributed by atoms with Crippen LogP contribution < -0.4 is 5.32 Å². The van der Waals surface area contributed by atoms with E-state index in [9.17, 15) is 10.1 Å². The average Bonchev–Trinajstić information content (AvgIpc) is 2.32. The van der Waals surface area contributed by atoms with Crippen LogP contribution in [0.5, 0.6) is 0 Å². The number of rotatable bonds is 3. The minimum absolute atomic E-state index is 0.195. The Labute approximate surface area is 105 Å². The van der Waals surface area contributed by atoms with Crippen LogP contribution in [0.15, 0.2) is 18.2 Å². The molecule has 0 radical (unpaired) electrons. The van der Waals surface area contributed by atoms with Crippen LogP contribution in [0.3, 0.4) is 0 Å². The molecule has 17 heavy (non-hydrogen) atoms. The molecule has 0 aromatic heterocycles. The predicted molar refractivity (Wildman–Crippen MR) is 71.8 cm³/mol. The van der Waals surface area contributed by atoms with Crippen molar-refractivity contribution in [1.82, 2.24) is 0 Å². The first-order valence-electron chi connectivity index (χ1n) is 5.76. The molecule has 0 saturated carbocycles. The van der Waals surface area contributed by atoms with Gasteiger partial charge in [0.1, 0.15) is 0 Å². The topological polar surface area (TPSA) is 55.2 Å². The molecule has 0 bridgehead atoms. The Morgan fingerprint density at radius 1 is 1.41 bits per heavy atom. The first-order valence-corrected chi connectivity index (χ1v) is 6.91. The van der Waals surface area contributed by atoms with Gasteiger partial charge in [-0.1, -0.05) is 6.07 Å². The summed E-state index contributed by atoms with van der Waals surface area (Å²) < 4.78 is 0. The highest BCUT2D eigenvalue weighted by Gasteiger charge is 2.15. The van der Waals surface area contributed by atoms with Gasteiger partial charge < -0.3 is 5.32 Å². The van der Waals surface area contributed by atoms with E-state index in [-0.39, 0.29) is 10.6 Å². The molecular weight excluding hydrogens is 236 g/mol. The first kappa shape index (κ1) is 12.2. The van der Waals surface area contributed by atoms with Gasteiger partial charge >= 0.3 is 0 Å². The molecule has 0 aliphatic carbocycles. The number of nitrogens with one attached hydrogen (secondary N) is 1. The van der Waals surface area contributed by atoms with Crippen molar-refractivity contribution in [1.29, 1.82) is 0 Å². The maximum absolute atomic E-state index is 10.8. The lowest BCUT2D eigenvalue weighted by Crippen LogP contribution is -2.24. The Kier molecular flexibility index (Phi) is 3.89. The van der Waals surface area contributed by atoms with Crippen molar-refractivity contribution >= 4 is 23.1 Å². The number of hydrogen-bond donors (Lipinski definition) is 1. The smallest absolute Gasteiger partial charge is 0.274 e. The highest BCUT2D eigenvalue weighted by Crippen LogP contribution is 2.25. The largest absolute Gasteiger partial charge is 0.382 e. The van der Waals surface area contributed by atoms with Crippen molar-refractivity contribution < 1.29 is 4.92 Å². The maximum Gasteiger partial charge on any atom is 0.274 e. The van der Waals surface area contributed by atoms with E-state index in [1.54, 1.807) is 19.1 Å². The van der Waals surface area contributed by atoms with Crippen molar-refractivity contribution in [3.05, 3.63) is 33.9 Å². The number of hydrogen-bond acceptors (Lipinski definition) is 4. The van der Waals surface area contributed by atoms with Gasteiger partial charge in [0.25, 0.3) is 5.69 Å². The Bertz CT molecular complexity index is 417. The summed E-state index contributed by atoms with van der Waals surface area (Å²) in [6.45, 7) is 1.76. The Morgan fingerprint density at radius 3 is 2.76 bits per heavy atom. The molecule has 1 aliphatic heterocycles. The van der Waals surface area contributed by atoms with Gasteiger partial charge in [0.15, 0.2) is 0 Å². The van der Waals surface area contributed by atoms with E-state index in [0.717, 1.165) is 18.5 Å². The van der Waals surface area contributed by atoms with Gasteiger partial charge in [-0.25, -0.2) is 0 Å². The van der Waals surface area contributed by atoms with Gasteiger partial charge in [0, 0.05) is 23.4 Å². The third-order valence-corrected chi connectivity index (χ3v) is 4.05. The molecule has 0 spiro atoms. The molecule has 0 atom stereocenters. The van der Waals surface area contributed by atoms with Crippen LogP contribution in [0.1, 0.15) is 18.4 Å². The Morgan fingerprint density at radius 2 is 2.12 bits per heavy atom. The molecule has 1 aromatic rings. The van der Waals surface area contributed by atoms with Crippen LogP contribution >= 0.6 is 11.8 Å². The van der Waals surface area contributed by atoms with Crippen LogP contribution in [0.2, 0.25) is 0 Å². The molecule has 4 nitrogen and oxygen atoms in total. The summed E-state index contributed by atoms with van der Waals surface area (Å²) in [6, 6.07) is 5.82. The number of aryl methyl sites for hydroxylation is 1. The van der Waals surface area contributed by atoms with E-state index in [2.05, 4.69) is 5.32 Å². The average molecular weight is 252 g/mol. The van der Waals surface area contributed by atoms with Gasteiger partial charge in [-0.15, -0.1) is 0 Å². The lowest BCUT2D eigenvalue weighted by atomic mass is 10.1. The highest BCUT2D eigenvalue weighted by atomic mass is 32.2. The standard InChI is InChI=1S/C12H16N2O2S/c1-9-2-3-11(8-12(9)14(15)16)13-10-4-6-17-7-5-10/h2-3,8,10,13H,4-7H2,1H3. The molecule has 1 aromatic carbocycles. The predicted octanol–water partition coefficient (Wildman–Crippen LogP) is 3.21. The van der Waals surface area contributed by atoms with Crippen LogP contribution in [0, 0.1) is 17.0 Å². The van der Waals surface area contributed by atoms with Gasteiger partial charge in [0.2, 0.25) is 0 Å². The Balaban J connectivity index is 2.10. The summed E-state index contributed by atoms with van der Waals surface area (Å²) in [5.74, 6) is 2.34. The van der Waals surface area contributed by atoms with Gasteiger partial charge in [-0.2, -0.15) is 11.8 Å². The fraction of sp³-hybridized carbons (Fsp3) is 0.500. The van der Waals surface area contributed by atoms with Crippen molar-refractivity contribution in [3.63, 3.8) is 0 Å². The van der Waals surface area contributed by atoms with E-state index < -0.39 is 0 Å². The number of nitro groups is 1. The second-order valence-electron chi connectivity index (χ2n) is 4.29. The summed E-state index contributed by atoms with van der Waals surface area (Å²) in [5.41, 5.74) is 1.76. The number of nitro benzene ring substituents is 1. The van der Waals surface area contributed by atoms with Crippen molar-refractivity contribution in [2.45, 2.75) is 25.8 Å². The minimum Gasteiger partial charge on any atom is -0.382 e. The maximum atomic E-state index is 10.8. The molecule has 0 amide bonds. The SMILES string of the molecule is Cc1ccc(NC2CCSCC2)cc1[N+](=O)[O-]. The monoisotopic (exact) mass is 252 g/mol. The lowest BCUT2D eigenvalue weighted by Gasteiger charge is -2.23.